The lowest BCUT2D eigenvalue weighted by Gasteiger charge is -2.35. The maximum Gasteiger partial charge on any atom is 0.407 e. The number of rotatable bonds is 11. The molecule has 2 aromatic rings. The fourth-order valence-corrected chi connectivity index (χ4v) is 6.31. The molecule has 4 heterocycles. The molecule has 3 saturated heterocycles. The van der Waals surface area contributed by atoms with Crippen molar-refractivity contribution < 1.29 is 43.7 Å². The van der Waals surface area contributed by atoms with Crippen LogP contribution in [-0.2, 0) is 19.2 Å². The summed E-state index contributed by atoms with van der Waals surface area (Å²) in [6.45, 7) is 3.75. The largest absolute Gasteiger partial charge is 0.481 e. The second kappa shape index (κ2) is 15.2. The van der Waals surface area contributed by atoms with Gasteiger partial charge in [0, 0.05) is 58.3 Å². The molecule has 3 atom stereocenters. The van der Waals surface area contributed by atoms with Crippen LogP contribution in [0.2, 0.25) is 0 Å². The van der Waals surface area contributed by atoms with Crippen molar-refractivity contribution in [1.82, 2.24) is 34.7 Å². The van der Waals surface area contributed by atoms with E-state index in [0.29, 0.717) is 38.2 Å². The van der Waals surface area contributed by atoms with E-state index in [1.54, 1.807) is 42.2 Å². The lowest BCUT2D eigenvalue weighted by Crippen LogP contribution is -2.55. The van der Waals surface area contributed by atoms with Crippen molar-refractivity contribution in [1.29, 1.82) is 0 Å². The van der Waals surface area contributed by atoms with E-state index in [2.05, 4.69) is 10.4 Å². The predicted molar refractivity (Wildman–Crippen MR) is 169 cm³/mol. The highest BCUT2D eigenvalue weighted by Gasteiger charge is 2.39. The minimum atomic E-state index is -1.21. The summed E-state index contributed by atoms with van der Waals surface area (Å²) in [6, 6.07) is 8.37. The van der Waals surface area contributed by atoms with Crippen molar-refractivity contribution in [2.24, 2.45) is 0 Å². The Morgan fingerprint density at radius 2 is 1.54 bits per heavy atom. The highest BCUT2D eigenvalue weighted by Crippen LogP contribution is 2.25. The van der Waals surface area contributed by atoms with Crippen LogP contribution >= 0.6 is 0 Å². The van der Waals surface area contributed by atoms with Gasteiger partial charge in [-0.15, -0.1) is 0 Å². The van der Waals surface area contributed by atoms with E-state index in [1.165, 1.54) is 20.5 Å². The SMILES string of the molecule is C[C@@H](Oc1cc(C(=O)N[C@@H](CCC(=O)O)C(=O)N2CCN(C(=O)O)CC2)nn1-c1ccccc1)C(=O)N1CCC[C@H]1C(=O)N1CCCC1. The topological polar surface area (TPSA) is 195 Å². The van der Waals surface area contributed by atoms with Gasteiger partial charge < -0.3 is 39.9 Å². The number of likely N-dealkylation sites (tertiary alicyclic amines) is 2. The molecule has 16 heteroatoms. The molecule has 16 nitrogen and oxygen atoms in total. The molecular weight excluding hydrogens is 626 g/mol. The number of ether oxygens (including phenoxy) is 1. The summed E-state index contributed by atoms with van der Waals surface area (Å²) < 4.78 is 7.47. The van der Waals surface area contributed by atoms with Gasteiger partial charge in [0.1, 0.15) is 12.1 Å². The molecule has 1 aromatic carbocycles. The Kier molecular flexibility index (Phi) is 10.8. The van der Waals surface area contributed by atoms with Gasteiger partial charge in [-0.05, 0) is 51.2 Å². The highest BCUT2D eigenvalue weighted by atomic mass is 16.5. The summed E-state index contributed by atoms with van der Waals surface area (Å²) in [7, 11) is 0. The van der Waals surface area contributed by atoms with Gasteiger partial charge in [0.25, 0.3) is 11.8 Å². The number of hydrogen-bond donors (Lipinski definition) is 3. The lowest BCUT2D eigenvalue weighted by molar-refractivity contribution is -0.147. The predicted octanol–water partition coefficient (Wildman–Crippen LogP) is 1.04. The number of carboxylic acids is 1. The zero-order valence-corrected chi connectivity index (χ0v) is 26.8. The fraction of sp³-hybridized carbons (Fsp3) is 0.531. The third-order valence-electron chi connectivity index (χ3n) is 8.91. The van der Waals surface area contributed by atoms with Crippen LogP contribution in [0.5, 0.6) is 5.88 Å². The first-order chi connectivity index (χ1) is 23.0. The first-order valence-corrected chi connectivity index (χ1v) is 16.2. The summed E-state index contributed by atoms with van der Waals surface area (Å²) in [5.74, 6) is -2.78. The van der Waals surface area contributed by atoms with Crippen LogP contribution in [0.25, 0.3) is 5.69 Å². The Morgan fingerprint density at radius 1 is 0.875 bits per heavy atom. The average Bonchev–Trinajstić information content (AvgIpc) is 3.88. The molecule has 3 fully saturated rings. The second-order valence-electron chi connectivity index (χ2n) is 12.2. The number of carbonyl (C=O) groups is 6. The van der Waals surface area contributed by atoms with Gasteiger partial charge in [0.15, 0.2) is 11.8 Å². The standard InChI is InChI=1S/C32H41N7O9/c1-21(29(43)38-15-7-10-25(38)31(45)35-13-5-6-14-35)48-26-20-24(34-39(26)22-8-3-2-4-9-22)28(42)33-23(11-12-27(40)41)30(44)36-16-18-37(19-17-36)32(46)47/h2-4,8-9,20-21,23,25H,5-7,10-19H2,1H3,(H,33,42)(H,40,41)(H,46,47)/t21-,23+,25+/m1/s1. The third kappa shape index (κ3) is 7.86. The molecule has 0 spiro atoms. The van der Waals surface area contributed by atoms with Gasteiger partial charge in [-0.2, -0.15) is 5.10 Å². The van der Waals surface area contributed by atoms with E-state index < -0.39 is 48.5 Å². The van der Waals surface area contributed by atoms with Crippen LogP contribution in [0.3, 0.4) is 0 Å². The van der Waals surface area contributed by atoms with E-state index in [4.69, 9.17) is 4.74 Å². The maximum atomic E-state index is 13.6. The number of para-hydroxylation sites is 1. The maximum absolute atomic E-state index is 13.6. The number of hydrogen-bond acceptors (Lipinski definition) is 8. The first kappa shape index (κ1) is 34.2. The van der Waals surface area contributed by atoms with Gasteiger partial charge in [-0.1, -0.05) is 18.2 Å². The number of carboxylic acid groups (broad SMARTS) is 2. The number of amides is 5. The lowest BCUT2D eigenvalue weighted by atomic mass is 10.1. The van der Waals surface area contributed by atoms with Crippen molar-refractivity contribution in [2.75, 3.05) is 45.8 Å². The van der Waals surface area contributed by atoms with E-state index >= 15 is 0 Å². The molecule has 3 aliphatic rings. The van der Waals surface area contributed by atoms with Crippen molar-refractivity contribution in [3.8, 4) is 11.6 Å². The van der Waals surface area contributed by atoms with E-state index in [0.717, 1.165) is 12.8 Å². The fourth-order valence-electron chi connectivity index (χ4n) is 6.31. The summed E-state index contributed by atoms with van der Waals surface area (Å²) in [5.41, 5.74) is 0.393. The first-order valence-electron chi connectivity index (χ1n) is 16.2. The molecular formula is C32H41N7O9. The smallest absolute Gasteiger partial charge is 0.407 e. The monoisotopic (exact) mass is 667 g/mol. The number of benzene rings is 1. The Balaban J connectivity index is 1.33. The average molecular weight is 668 g/mol. The van der Waals surface area contributed by atoms with E-state index in [-0.39, 0.29) is 56.0 Å². The van der Waals surface area contributed by atoms with Crippen molar-refractivity contribution in [2.45, 2.75) is 63.6 Å². The minimum absolute atomic E-state index is 0.0467. The van der Waals surface area contributed by atoms with Gasteiger partial charge >= 0.3 is 12.1 Å². The summed E-state index contributed by atoms with van der Waals surface area (Å²) in [6.07, 6.45) is 0.463. The summed E-state index contributed by atoms with van der Waals surface area (Å²) in [4.78, 5) is 82.3. The minimum Gasteiger partial charge on any atom is -0.481 e. The zero-order chi connectivity index (χ0) is 34.4. The van der Waals surface area contributed by atoms with Crippen LogP contribution in [0.15, 0.2) is 36.4 Å². The number of aromatic nitrogens is 2. The van der Waals surface area contributed by atoms with Crippen LogP contribution in [-0.4, -0.2) is 139 Å². The van der Waals surface area contributed by atoms with E-state index in [1.807, 2.05) is 4.90 Å². The van der Waals surface area contributed by atoms with Crippen LogP contribution in [0.1, 0.15) is 55.9 Å². The molecule has 0 aliphatic carbocycles. The van der Waals surface area contributed by atoms with Gasteiger partial charge in [-0.25, -0.2) is 9.48 Å². The van der Waals surface area contributed by atoms with Crippen LogP contribution < -0.4 is 10.1 Å². The van der Waals surface area contributed by atoms with Gasteiger partial charge in [-0.3, -0.25) is 24.0 Å². The highest BCUT2D eigenvalue weighted by molar-refractivity contribution is 5.96. The summed E-state index contributed by atoms with van der Waals surface area (Å²) >= 11 is 0. The molecule has 0 radical (unpaired) electrons. The molecule has 0 bridgehead atoms. The van der Waals surface area contributed by atoms with Gasteiger partial charge in [0.05, 0.1) is 5.69 Å². The molecule has 5 amide bonds. The molecule has 1 aromatic heterocycles. The third-order valence-corrected chi connectivity index (χ3v) is 8.91. The quantitative estimate of drug-likeness (QED) is 0.312. The normalized spacial score (nSPS) is 19.1. The van der Waals surface area contributed by atoms with E-state index in [9.17, 15) is 39.0 Å². The van der Waals surface area contributed by atoms with Crippen molar-refractivity contribution in [3.63, 3.8) is 0 Å². The Bertz CT molecular complexity index is 1520. The van der Waals surface area contributed by atoms with Crippen LogP contribution in [0.4, 0.5) is 4.79 Å². The number of carbonyl (C=O) groups excluding carboxylic acids is 4. The molecule has 3 N–H and O–H groups in total. The Morgan fingerprint density at radius 3 is 2.19 bits per heavy atom. The molecule has 0 saturated carbocycles. The number of piperazine rings is 1. The number of nitrogens with one attached hydrogen (secondary N) is 1. The number of aliphatic carboxylic acids is 1. The molecule has 48 heavy (non-hydrogen) atoms. The summed E-state index contributed by atoms with van der Waals surface area (Å²) in [5, 5.41) is 25.5. The van der Waals surface area contributed by atoms with Crippen molar-refractivity contribution >= 4 is 35.7 Å². The molecule has 258 valence electrons. The van der Waals surface area contributed by atoms with Crippen LogP contribution in [0, 0.1) is 0 Å². The molecule has 3 aliphatic heterocycles. The Hall–Kier alpha value is -5.15. The molecule has 0 unspecified atom stereocenters. The number of nitrogens with zero attached hydrogens (tertiary/aromatic N) is 6. The zero-order valence-electron chi connectivity index (χ0n) is 26.8. The Labute approximate surface area is 277 Å². The van der Waals surface area contributed by atoms with Crippen molar-refractivity contribution in [3.05, 3.63) is 42.1 Å². The molecule has 5 rings (SSSR count). The van der Waals surface area contributed by atoms with Gasteiger partial charge in [0.2, 0.25) is 17.7 Å². The second-order valence-corrected chi connectivity index (χ2v) is 12.2.